The van der Waals surface area contributed by atoms with E-state index >= 15 is 0 Å². The Hall–Kier alpha value is -2.17. The van der Waals surface area contributed by atoms with Crippen LogP contribution in [0.25, 0.3) is 0 Å². The summed E-state index contributed by atoms with van der Waals surface area (Å²) in [5.74, 6) is -0.00748. The summed E-state index contributed by atoms with van der Waals surface area (Å²) in [6.07, 6.45) is 7.86. The molecule has 0 radical (unpaired) electrons. The van der Waals surface area contributed by atoms with Gasteiger partial charge in [-0.3, -0.25) is 9.48 Å². The topological polar surface area (TPSA) is 38.1 Å². The fraction of sp³-hybridized carbons (Fsp3) is 0.500. The lowest BCUT2D eigenvalue weighted by Gasteiger charge is -2.36. The lowest BCUT2D eigenvalue weighted by atomic mass is 10.0. The molecule has 1 aliphatic heterocycles. The van der Waals surface area contributed by atoms with Gasteiger partial charge in [-0.15, -0.1) is 0 Å². The van der Waals surface area contributed by atoms with Crippen LogP contribution in [0.4, 0.5) is 4.39 Å². The third kappa shape index (κ3) is 3.32. The van der Waals surface area contributed by atoms with E-state index in [1.807, 2.05) is 41.0 Å². The molecule has 1 aliphatic carbocycles. The zero-order chi connectivity index (χ0) is 17.4. The third-order valence-corrected chi connectivity index (χ3v) is 5.48. The fourth-order valence-corrected chi connectivity index (χ4v) is 4.06. The standard InChI is InChI=1S/C20H24FN3O/c1-14-11-22-23(12-14)13-15-6-4-5-9-24(15)20(25)18-10-17(18)16-7-2-3-8-19(16)21/h2-3,7-8,11-12,15,17-18H,4-6,9-10,13H2,1H3/t15-,17+,18-/m0/s1. The second kappa shape index (κ2) is 6.62. The smallest absolute Gasteiger partial charge is 0.226 e. The number of hydrogen-bond donors (Lipinski definition) is 0. The minimum Gasteiger partial charge on any atom is -0.338 e. The van der Waals surface area contributed by atoms with Crippen LogP contribution in [0.3, 0.4) is 0 Å². The molecular formula is C20H24FN3O. The van der Waals surface area contributed by atoms with E-state index in [4.69, 9.17) is 0 Å². The molecule has 1 aromatic heterocycles. The van der Waals surface area contributed by atoms with Gasteiger partial charge >= 0.3 is 0 Å². The molecule has 2 aromatic rings. The van der Waals surface area contributed by atoms with E-state index < -0.39 is 0 Å². The highest BCUT2D eigenvalue weighted by Gasteiger charge is 2.48. The Labute approximate surface area is 147 Å². The molecule has 1 amide bonds. The predicted octanol–water partition coefficient (Wildman–Crippen LogP) is 3.52. The highest BCUT2D eigenvalue weighted by Crippen LogP contribution is 2.49. The van der Waals surface area contributed by atoms with Crippen LogP contribution in [0.1, 0.15) is 42.7 Å². The molecule has 1 aromatic carbocycles. The number of likely N-dealkylation sites (tertiary alicyclic amines) is 1. The average molecular weight is 341 g/mol. The van der Waals surface area contributed by atoms with E-state index in [-0.39, 0.29) is 29.6 Å². The van der Waals surface area contributed by atoms with Gasteiger partial charge in [0.2, 0.25) is 5.91 Å². The Kier molecular flexibility index (Phi) is 4.32. The Balaban J connectivity index is 1.46. The van der Waals surface area contributed by atoms with Crippen molar-refractivity contribution in [1.29, 1.82) is 0 Å². The molecule has 0 bridgehead atoms. The molecule has 5 heteroatoms. The predicted molar refractivity (Wildman–Crippen MR) is 93.6 cm³/mol. The SMILES string of the molecule is Cc1cnn(C[C@@H]2CCCCN2C(=O)[C@H]2C[C@@H]2c2ccccc2F)c1. The molecule has 4 nitrogen and oxygen atoms in total. The molecule has 1 saturated carbocycles. The van der Waals surface area contributed by atoms with E-state index in [1.54, 1.807) is 6.07 Å². The van der Waals surface area contributed by atoms with Crippen LogP contribution in [-0.4, -0.2) is 33.2 Å². The molecule has 3 atom stereocenters. The molecular weight excluding hydrogens is 317 g/mol. The summed E-state index contributed by atoms with van der Waals surface area (Å²) in [4.78, 5) is 15.1. The van der Waals surface area contributed by atoms with Crippen molar-refractivity contribution < 1.29 is 9.18 Å². The molecule has 2 heterocycles. The first-order chi connectivity index (χ1) is 12.1. The van der Waals surface area contributed by atoms with Crippen molar-refractivity contribution in [2.45, 2.75) is 51.1 Å². The van der Waals surface area contributed by atoms with Crippen LogP contribution in [0, 0.1) is 18.7 Å². The number of carbonyl (C=O) groups excluding carboxylic acids is 1. The Morgan fingerprint density at radius 2 is 2.16 bits per heavy atom. The van der Waals surface area contributed by atoms with Crippen molar-refractivity contribution in [1.82, 2.24) is 14.7 Å². The summed E-state index contributed by atoms with van der Waals surface area (Å²) in [5, 5.41) is 4.37. The highest BCUT2D eigenvalue weighted by molar-refractivity contribution is 5.83. The van der Waals surface area contributed by atoms with Crippen LogP contribution < -0.4 is 0 Å². The molecule has 0 unspecified atom stereocenters. The number of aryl methyl sites for hydroxylation is 1. The van der Waals surface area contributed by atoms with Crippen molar-refractivity contribution in [3.8, 4) is 0 Å². The van der Waals surface area contributed by atoms with E-state index in [9.17, 15) is 9.18 Å². The minimum atomic E-state index is -0.190. The molecule has 4 rings (SSSR count). The van der Waals surface area contributed by atoms with E-state index in [1.165, 1.54) is 6.07 Å². The van der Waals surface area contributed by atoms with Crippen LogP contribution in [-0.2, 0) is 11.3 Å². The van der Waals surface area contributed by atoms with Gasteiger partial charge < -0.3 is 4.90 Å². The Morgan fingerprint density at radius 3 is 2.92 bits per heavy atom. The quantitative estimate of drug-likeness (QED) is 0.853. The molecule has 2 fully saturated rings. The maximum absolute atomic E-state index is 14.0. The minimum absolute atomic E-state index is 0.0447. The molecule has 0 N–H and O–H groups in total. The summed E-state index contributed by atoms with van der Waals surface area (Å²) >= 11 is 0. The summed E-state index contributed by atoms with van der Waals surface area (Å²) in [6.45, 7) is 3.58. The first-order valence-electron chi connectivity index (χ1n) is 9.17. The number of halogens is 1. The first kappa shape index (κ1) is 16.3. The molecule has 0 spiro atoms. The van der Waals surface area contributed by atoms with Crippen LogP contribution >= 0.6 is 0 Å². The van der Waals surface area contributed by atoms with Crippen molar-refractivity contribution in [3.05, 3.63) is 53.6 Å². The number of piperidine rings is 1. The monoisotopic (exact) mass is 341 g/mol. The zero-order valence-corrected chi connectivity index (χ0v) is 14.6. The average Bonchev–Trinajstić information content (AvgIpc) is 3.30. The van der Waals surface area contributed by atoms with Gasteiger partial charge in [-0.05, 0) is 55.7 Å². The zero-order valence-electron chi connectivity index (χ0n) is 14.6. The first-order valence-corrected chi connectivity index (χ1v) is 9.17. The lowest BCUT2D eigenvalue weighted by Crippen LogP contribution is -2.46. The van der Waals surface area contributed by atoms with Gasteiger partial charge in [0.25, 0.3) is 0 Å². The fourth-order valence-electron chi connectivity index (χ4n) is 4.06. The van der Waals surface area contributed by atoms with Crippen molar-refractivity contribution in [2.75, 3.05) is 6.54 Å². The number of benzene rings is 1. The van der Waals surface area contributed by atoms with Gasteiger partial charge in [0, 0.05) is 18.7 Å². The van der Waals surface area contributed by atoms with Gasteiger partial charge in [-0.2, -0.15) is 5.10 Å². The second-order valence-electron chi connectivity index (χ2n) is 7.39. The van der Waals surface area contributed by atoms with Crippen LogP contribution in [0.15, 0.2) is 36.7 Å². The summed E-state index contributed by atoms with van der Waals surface area (Å²) in [7, 11) is 0. The maximum Gasteiger partial charge on any atom is 0.226 e. The number of amides is 1. The number of hydrogen-bond acceptors (Lipinski definition) is 2. The van der Waals surface area contributed by atoms with Crippen molar-refractivity contribution in [2.24, 2.45) is 5.92 Å². The van der Waals surface area contributed by atoms with Crippen LogP contribution in [0.2, 0.25) is 0 Å². The third-order valence-electron chi connectivity index (χ3n) is 5.48. The van der Waals surface area contributed by atoms with Crippen molar-refractivity contribution in [3.63, 3.8) is 0 Å². The van der Waals surface area contributed by atoms with Gasteiger partial charge in [-0.1, -0.05) is 18.2 Å². The number of carbonyl (C=O) groups is 1. The van der Waals surface area contributed by atoms with Gasteiger partial charge in [0.15, 0.2) is 0 Å². The summed E-state index contributed by atoms with van der Waals surface area (Å²) < 4.78 is 15.9. The lowest BCUT2D eigenvalue weighted by molar-refractivity contribution is -0.136. The number of aromatic nitrogens is 2. The van der Waals surface area contributed by atoms with Gasteiger partial charge in [0.1, 0.15) is 5.82 Å². The normalized spacial score (nSPS) is 25.8. The molecule has 2 aliphatic rings. The van der Waals surface area contributed by atoms with Gasteiger partial charge in [-0.25, -0.2) is 4.39 Å². The Morgan fingerprint density at radius 1 is 1.32 bits per heavy atom. The molecule has 25 heavy (non-hydrogen) atoms. The van der Waals surface area contributed by atoms with Crippen LogP contribution in [0.5, 0.6) is 0 Å². The summed E-state index contributed by atoms with van der Waals surface area (Å²) in [6, 6.07) is 7.04. The molecule has 1 saturated heterocycles. The largest absolute Gasteiger partial charge is 0.338 e. The number of nitrogens with zero attached hydrogens (tertiary/aromatic N) is 3. The highest BCUT2D eigenvalue weighted by atomic mass is 19.1. The Bertz CT molecular complexity index is 772. The molecule has 132 valence electrons. The number of rotatable bonds is 4. The second-order valence-corrected chi connectivity index (χ2v) is 7.39. The summed E-state index contributed by atoms with van der Waals surface area (Å²) in [5.41, 5.74) is 1.83. The van der Waals surface area contributed by atoms with Gasteiger partial charge in [0.05, 0.1) is 18.8 Å². The maximum atomic E-state index is 14.0. The van der Waals surface area contributed by atoms with E-state index in [0.29, 0.717) is 5.56 Å². The van der Waals surface area contributed by atoms with E-state index in [2.05, 4.69) is 5.10 Å². The van der Waals surface area contributed by atoms with E-state index in [0.717, 1.165) is 44.3 Å². The van der Waals surface area contributed by atoms with Crippen molar-refractivity contribution >= 4 is 5.91 Å².